The molecular weight excluding hydrogens is 423 g/mol. The lowest BCUT2D eigenvalue weighted by Gasteiger charge is -2.10. The first-order chi connectivity index (χ1) is 11.5. The van der Waals surface area contributed by atoms with E-state index in [1.54, 1.807) is 37.4 Å². The summed E-state index contributed by atoms with van der Waals surface area (Å²) in [5, 5.41) is 0. The molecule has 126 valence electrons. The average Bonchev–Trinajstić information content (AvgIpc) is 2.59. The summed E-state index contributed by atoms with van der Waals surface area (Å²) in [4.78, 5) is 23.7. The van der Waals surface area contributed by atoms with Crippen LogP contribution in [0.2, 0.25) is 0 Å². The Morgan fingerprint density at radius 2 is 1.79 bits per heavy atom. The molecule has 0 fully saturated rings. The summed E-state index contributed by atoms with van der Waals surface area (Å²) in [5.74, 6) is 0.404. The lowest BCUT2D eigenvalue weighted by atomic mass is 10.2. The minimum Gasteiger partial charge on any atom is -0.496 e. The normalized spacial score (nSPS) is 9.96. The fourth-order valence-electron chi connectivity index (χ4n) is 1.83. The highest BCUT2D eigenvalue weighted by Gasteiger charge is 2.10. The van der Waals surface area contributed by atoms with E-state index in [1.165, 1.54) is 0 Å². The number of carbonyl (C=O) groups excluding carboxylic acids is 2. The van der Waals surface area contributed by atoms with Crippen molar-refractivity contribution in [2.24, 2.45) is 0 Å². The van der Waals surface area contributed by atoms with Crippen molar-refractivity contribution in [1.82, 2.24) is 10.9 Å². The van der Waals surface area contributed by atoms with Crippen LogP contribution in [0.15, 0.2) is 42.5 Å². The number of ether oxygens (including phenoxy) is 2. The number of hydrogen-bond donors (Lipinski definition) is 2. The number of carbonyl (C=O) groups is 2. The Hall–Kier alpha value is -2.29. The first-order valence-electron chi connectivity index (χ1n) is 7.12. The number of aryl methyl sites for hydroxylation is 1. The zero-order valence-electron chi connectivity index (χ0n) is 13.3. The van der Waals surface area contributed by atoms with Crippen molar-refractivity contribution >= 4 is 34.4 Å². The molecule has 0 aliphatic rings. The monoisotopic (exact) mass is 440 g/mol. The molecule has 0 saturated carbocycles. The molecule has 0 heterocycles. The van der Waals surface area contributed by atoms with Crippen molar-refractivity contribution in [3.05, 3.63) is 57.2 Å². The number of hydrogen-bond acceptors (Lipinski definition) is 4. The molecule has 0 spiro atoms. The molecule has 2 amide bonds. The maximum atomic E-state index is 12.0. The molecule has 7 heteroatoms. The van der Waals surface area contributed by atoms with Crippen molar-refractivity contribution in [1.29, 1.82) is 0 Å². The third kappa shape index (κ3) is 5.12. The summed E-state index contributed by atoms with van der Waals surface area (Å²) in [6, 6.07) is 12.3. The van der Waals surface area contributed by atoms with Crippen LogP contribution in [0.25, 0.3) is 0 Å². The van der Waals surface area contributed by atoms with E-state index in [9.17, 15) is 9.59 Å². The van der Waals surface area contributed by atoms with E-state index in [0.29, 0.717) is 17.1 Å². The Balaban J connectivity index is 1.81. The minimum atomic E-state index is -0.452. The Morgan fingerprint density at radius 3 is 2.42 bits per heavy atom. The van der Waals surface area contributed by atoms with Gasteiger partial charge < -0.3 is 9.47 Å². The van der Waals surface area contributed by atoms with Crippen molar-refractivity contribution in [2.75, 3.05) is 13.7 Å². The quantitative estimate of drug-likeness (QED) is 0.554. The molecule has 2 N–H and O–H groups in total. The lowest BCUT2D eigenvalue weighted by molar-refractivity contribution is -0.123. The van der Waals surface area contributed by atoms with E-state index < -0.39 is 11.8 Å². The molecule has 0 radical (unpaired) electrons. The van der Waals surface area contributed by atoms with Gasteiger partial charge in [0.15, 0.2) is 6.61 Å². The maximum absolute atomic E-state index is 12.0. The molecule has 24 heavy (non-hydrogen) atoms. The Bertz CT molecular complexity index is 732. The van der Waals surface area contributed by atoms with Crippen molar-refractivity contribution in [2.45, 2.75) is 6.92 Å². The summed E-state index contributed by atoms with van der Waals surface area (Å²) >= 11 is 2.07. The predicted octanol–water partition coefficient (Wildman–Crippen LogP) is 2.45. The van der Waals surface area contributed by atoms with Gasteiger partial charge >= 0.3 is 0 Å². The van der Waals surface area contributed by atoms with Gasteiger partial charge in [0.2, 0.25) is 0 Å². The van der Waals surface area contributed by atoms with Gasteiger partial charge in [0.1, 0.15) is 11.5 Å². The molecule has 0 bridgehead atoms. The smallest absolute Gasteiger partial charge is 0.276 e. The highest BCUT2D eigenvalue weighted by Crippen LogP contribution is 2.21. The molecule has 0 saturated heterocycles. The van der Waals surface area contributed by atoms with E-state index in [0.717, 1.165) is 9.13 Å². The van der Waals surface area contributed by atoms with Gasteiger partial charge in [-0.1, -0.05) is 17.7 Å². The second-order valence-corrected chi connectivity index (χ2v) is 6.12. The molecule has 0 atom stereocenters. The van der Waals surface area contributed by atoms with E-state index in [1.807, 2.05) is 19.1 Å². The van der Waals surface area contributed by atoms with Gasteiger partial charge in [0.05, 0.1) is 10.7 Å². The van der Waals surface area contributed by atoms with E-state index in [2.05, 4.69) is 33.4 Å². The van der Waals surface area contributed by atoms with Gasteiger partial charge in [-0.25, -0.2) is 0 Å². The van der Waals surface area contributed by atoms with Gasteiger partial charge in [0.25, 0.3) is 11.8 Å². The lowest BCUT2D eigenvalue weighted by Crippen LogP contribution is -2.43. The zero-order valence-corrected chi connectivity index (χ0v) is 15.4. The van der Waals surface area contributed by atoms with E-state index >= 15 is 0 Å². The van der Waals surface area contributed by atoms with Crippen LogP contribution in [-0.2, 0) is 4.79 Å². The molecule has 0 unspecified atom stereocenters. The Kier molecular flexibility index (Phi) is 6.42. The Morgan fingerprint density at radius 1 is 1.08 bits per heavy atom. The molecule has 0 aromatic heterocycles. The second kappa shape index (κ2) is 8.53. The topological polar surface area (TPSA) is 76.7 Å². The largest absolute Gasteiger partial charge is 0.496 e. The van der Waals surface area contributed by atoms with Crippen LogP contribution >= 0.6 is 22.6 Å². The van der Waals surface area contributed by atoms with Crippen LogP contribution in [0.3, 0.4) is 0 Å². The summed E-state index contributed by atoms with van der Waals surface area (Å²) in [5.41, 5.74) is 6.18. The number of rotatable bonds is 5. The number of halogens is 1. The van der Waals surface area contributed by atoms with Gasteiger partial charge in [-0.3, -0.25) is 20.4 Å². The number of methoxy groups -OCH3 is 1. The van der Waals surface area contributed by atoms with Crippen molar-refractivity contribution in [3.8, 4) is 11.5 Å². The molecule has 2 aromatic carbocycles. The van der Waals surface area contributed by atoms with Crippen molar-refractivity contribution < 1.29 is 19.1 Å². The molecule has 2 rings (SSSR count). The van der Waals surface area contributed by atoms with E-state index in [-0.39, 0.29) is 6.61 Å². The maximum Gasteiger partial charge on any atom is 0.276 e. The van der Waals surface area contributed by atoms with Crippen LogP contribution in [0, 0.1) is 10.5 Å². The summed E-state index contributed by atoms with van der Waals surface area (Å²) in [7, 11) is 1.56. The molecular formula is C17H17IN2O4. The van der Waals surface area contributed by atoms with Gasteiger partial charge in [-0.05, 0) is 59.8 Å². The predicted molar refractivity (Wildman–Crippen MR) is 98.0 cm³/mol. The van der Waals surface area contributed by atoms with Crippen LogP contribution in [0.5, 0.6) is 11.5 Å². The number of hydrazine groups is 1. The molecule has 0 aliphatic heterocycles. The third-order valence-electron chi connectivity index (χ3n) is 3.12. The van der Waals surface area contributed by atoms with Crippen LogP contribution < -0.4 is 20.3 Å². The number of benzene rings is 2. The van der Waals surface area contributed by atoms with Crippen LogP contribution in [-0.4, -0.2) is 25.5 Å². The SMILES string of the molecule is COc1ccc(C(=O)NNC(=O)COc2ccc(C)cc2)cc1I. The van der Waals surface area contributed by atoms with Crippen LogP contribution in [0.1, 0.15) is 15.9 Å². The molecule has 6 nitrogen and oxygen atoms in total. The van der Waals surface area contributed by atoms with E-state index in [4.69, 9.17) is 9.47 Å². The first kappa shape index (κ1) is 18.1. The first-order valence-corrected chi connectivity index (χ1v) is 8.19. The van der Waals surface area contributed by atoms with Crippen LogP contribution in [0.4, 0.5) is 0 Å². The zero-order chi connectivity index (χ0) is 17.5. The van der Waals surface area contributed by atoms with Gasteiger partial charge in [-0.2, -0.15) is 0 Å². The fourth-order valence-corrected chi connectivity index (χ4v) is 2.56. The summed E-state index contributed by atoms with van der Waals surface area (Å²) in [6.45, 7) is 1.77. The molecule has 0 aliphatic carbocycles. The summed E-state index contributed by atoms with van der Waals surface area (Å²) < 4.78 is 11.3. The summed E-state index contributed by atoms with van der Waals surface area (Å²) in [6.07, 6.45) is 0. The Labute approximate surface area is 153 Å². The van der Waals surface area contributed by atoms with Gasteiger partial charge in [-0.15, -0.1) is 0 Å². The average molecular weight is 440 g/mol. The van der Waals surface area contributed by atoms with Crippen molar-refractivity contribution in [3.63, 3.8) is 0 Å². The number of amides is 2. The standard InChI is InChI=1S/C17H17IN2O4/c1-11-3-6-13(7-4-11)24-10-16(21)19-20-17(22)12-5-8-15(23-2)14(18)9-12/h3-9H,10H2,1-2H3,(H,19,21)(H,20,22). The number of nitrogens with one attached hydrogen (secondary N) is 2. The molecule has 2 aromatic rings. The van der Waals surface area contributed by atoms with Gasteiger partial charge in [0, 0.05) is 5.56 Å². The highest BCUT2D eigenvalue weighted by molar-refractivity contribution is 14.1. The third-order valence-corrected chi connectivity index (χ3v) is 3.96. The fraction of sp³-hybridized carbons (Fsp3) is 0.176. The second-order valence-electron chi connectivity index (χ2n) is 4.95. The minimum absolute atomic E-state index is 0.191. The highest BCUT2D eigenvalue weighted by atomic mass is 127.